The van der Waals surface area contributed by atoms with E-state index < -0.39 is 0 Å². The first-order chi connectivity index (χ1) is 12.2. The van der Waals surface area contributed by atoms with Crippen LogP contribution in [-0.2, 0) is 6.42 Å². The van der Waals surface area contributed by atoms with Crippen molar-refractivity contribution in [1.29, 1.82) is 0 Å². The second-order valence-corrected chi connectivity index (χ2v) is 6.73. The third kappa shape index (κ3) is 3.40. The van der Waals surface area contributed by atoms with E-state index in [0.717, 1.165) is 43.4 Å². The molecule has 3 aromatic rings. The quantitative estimate of drug-likeness (QED) is 0.790. The Kier molecular flexibility index (Phi) is 4.22. The number of carbonyl (C=O) groups excluding carboxylic acids is 1. The number of piperidine rings is 1. The molecule has 0 bridgehead atoms. The highest BCUT2D eigenvalue weighted by Gasteiger charge is 2.24. The summed E-state index contributed by atoms with van der Waals surface area (Å²) in [5.41, 5.74) is 2.66. The van der Waals surface area contributed by atoms with Crippen LogP contribution in [-0.4, -0.2) is 33.9 Å². The number of rotatable bonds is 3. The molecular weight excluding hydrogens is 317 g/mol. The number of amides is 1. The lowest BCUT2D eigenvalue weighted by Gasteiger charge is -2.33. The molecule has 1 aromatic carbocycles. The Balaban J connectivity index is 1.45. The van der Waals surface area contributed by atoms with E-state index in [9.17, 15) is 9.18 Å². The highest BCUT2D eigenvalue weighted by molar-refractivity contribution is 5.94. The molecule has 1 aliphatic heterocycles. The van der Waals surface area contributed by atoms with Crippen molar-refractivity contribution in [2.45, 2.75) is 19.3 Å². The van der Waals surface area contributed by atoms with Crippen molar-refractivity contribution < 1.29 is 9.18 Å². The fourth-order valence-electron chi connectivity index (χ4n) is 3.62. The van der Waals surface area contributed by atoms with Crippen molar-refractivity contribution in [3.63, 3.8) is 0 Å². The van der Waals surface area contributed by atoms with E-state index in [1.165, 1.54) is 17.7 Å². The number of pyridine rings is 1. The van der Waals surface area contributed by atoms with Crippen LogP contribution in [0.3, 0.4) is 0 Å². The Hall–Kier alpha value is -2.69. The van der Waals surface area contributed by atoms with E-state index in [2.05, 4.69) is 16.0 Å². The number of carbonyl (C=O) groups is 1. The first-order valence-corrected chi connectivity index (χ1v) is 8.66. The number of aromatic amines is 1. The van der Waals surface area contributed by atoms with Gasteiger partial charge in [-0.05, 0) is 67.1 Å². The maximum Gasteiger partial charge on any atom is 0.253 e. The van der Waals surface area contributed by atoms with Gasteiger partial charge >= 0.3 is 0 Å². The molecule has 1 saturated heterocycles. The van der Waals surface area contributed by atoms with Crippen molar-refractivity contribution in [2.24, 2.45) is 5.92 Å². The monoisotopic (exact) mass is 337 g/mol. The summed E-state index contributed by atoms with van der Waals surface area (Å²) < 4.78 is 13.1. The molecule has 0 spiro atoms. The van der Waals surface area contributed by atoms with Crippen LogP contribution in [0.25, 0.3) is 11.0 Å². The molecule has 4 nitrogen and oxygen atoms in total. The van der Waals surface area contributed by atoms with Gasteiger partial charge < -0.3 is 9.88 Å². The van der Waals surface area contributed by atoms with Gasteiger partial charge in [-0.25, -0.2) is 9.37 Å². The molecule has 5 heteroatoms. The predicted octanol–water partition coefficient (Wildman–Crippen LogP) is 3.80. The molecule has 0 saturated carbocycles. The van der Waals surface area contributed by atoms with Crippen LogP contribution >= 0.6 is 0 Å². The van der Waals surface area contributed by atoms with Gasteiger partial charge in [-0.15, -0.1) is 0 Å². The lowest BCUT2D eigenvalue weighted by atomic mass is 9.91. The number of H-pyrrole nitrogens is 1. The first-order valence-electron chi connectivity index (χ1n) is 8.66. The summed E-state index contributed by atoms with van der Waals surface area (Å²) in [6, 6.07) is 9.99. The minimum absolute atomic E-state index is 0.0103. The smallest absolute Gasteiger partial charge is 0.253 e. The van der Waals surface area contributed by atoms with Crippen molar-refractivity contribution in [1.82, 2.24) is 14.9 Å². The summed E-state index contributed by atoms with van der Waals surface area (Å²) in [6.07, 6.45) is 6.84. The van der Waals surface area contributed by atoms with Crippen LogP contribution in [0, 0.1) is 11.7 Å². The maximum absolute atomic E-state index is 13.1. The van der Waals surface area contributed by atoms with Gasteiger partial charge in [0.05, 0.1) is 0 Å². The topological polar surface area (TPSA) is 49.0 Å². The molecule has 4 rings (SSSR count). The number of halogens is 1. The summed E-state index contributed by atoms with van der Waals surface area (Å²) in [5.74, 6) is 0.0981. The van der Waals surface area contributed by atoms with Crippen LogP contribution < -0.4 is 0 Å². The van der Waals surface area contributed by atoms with Gasteiger partial charge in [-0.2, -0.15) is 0 Å². The number of hydrogen-bond donors (Lipinski definition) is 1. The Labute approximate surface area is 145 Å². The van der Waals surface area contributed by atoms with Gasteiger partial charge in [0.25, 0.3) is 5.91 Å². The molecule has 3 heterocycles. The first kappa shape index (κ1) is 15.8. The number of nitrogens with zero attached hydrogens (tertiary/aromatic N) is 2. The Bertz CT molecular complexity index is 887. The minimum Gasteiger partial charge on any atom is -0.346 e. The summed E-state index contributed by atoms with van der Waals surface area (Å²) in [4.78, 5) is 22.1. The van der Waals surface area contributed by atoms with Crippen molar-refractivity contribution in [3.05, 3.63) is 65.7 Å². The average Bonchev–Trinajstić information content (AvgIpc) is 3.10. The van der Waals surface area contributed by atoms with Crippen LogP contribution in [0.4, 0.5) is 4.39 Å². The molecule has 25 heavy (non-hydrogen) atoms. The van der Waals surface area contributed by atoms with Gasteiger partial charge in [0.2, 0.25) is 0 Å². The second kappa shape index (κ2) is 6.67. The third-order valence-corrected chi connectivity index (χ3v) is 4.88. The maximum atomic E-state index is 13.1. The summed E-state index contributed by atoms with van der Waals surface area (Å²) in [5, 5.41) is 1.12. The molecule has 1 amide bonds. The van der Waals surface area contributed by atoms with E-state index in [-0.39, 0.29) is 11.7 Å². The molecule has 1 N–H and O–H groups in total. The van der Waals surface area contributed by atoms with E-state index >= 15 is 0 Å². The molecule has 0 aliphatic carbocycles. The van der Waals surface area contributed by atoms with Gasteiger partial charge in [-0.3, -0.25) is 4.79 Å². The largest absolute Gasteiger partial charge is 0.346 e. The molecular formula is C20H20FN3O. The van der Waals surface area contributed by atoms with E-state index in [1.54, 1.807) is 12.1 Å². The van der Waals surface area contributed by atoms with Gasteiger partial charge in [0.1, 0.15) is 11.5 Å². The van der Waals surface area contributed by atoms with Crippen molar-refractivity contribution in [3.8, 4) is 0 Å². The van der Waals surface area contributed by atoms with Gasteiger partial charge in [-0.1, -0.05) is 0 Å². The van der Waals surface area contributed by atoms with Crippen molar-refractivity contribution in [2.75, 3.05) is 13.1 Å². The lowest BCUT2D eigenvalue weighted by molar-refractivity contribution is 0.0673. The molecule has 0 radical (unpaired) electrons. The molecule has 128 valence electrons. The zero-order valence-electron chi connectivity index (χ0n) is 13.9. The van der Waals surface area contributed by atoms with Crippen LogP contribution in [0.15, 0.2) is 48.8 Å². The highest BCUT2D eigenvalue weighted by atomic mass is 19.1. The molecule has 1 aliphatic rings. The predicted molar refractivity (Wildman–Crippen MR) is 94.8 cm³/mol. The van der Waals surface area contributed by atoms with Crippen molar-refractivity contribution >= 4 is 16.9 Å². The molecule has 2 aromatic heterocycles. The zero-order chi connectivity index (χ0) is 17.2. The van der Waals surface area contributed by atoms with Crippen LogP contribution in [0.2, 0.25) is 0 Å². The van der Waals surface area contributed by atoms with E-state index in [1.807, 2.05) is 23.4 Å². The zero-order valence-corrected chi connectivity index (χ0v) is 13.9. The van der Waals surface area contributed by atoms with Crippen LogP contribution in [0.5, 0.6) is 0 Å². The van der Waals surface area contributed by atoms with Crippen LogP contribution in [0.1, 0.15) is 28.8 Å². The fraction of sp³-hybridized carbons (Fsp3) is 0.300. The minimum atomic E-state index is -0.319. The van der Waals surface area contributed by atoms with E-state index in [4.69, 9.17) is 0 Å². The fourth-order valence-corrected chi connectivity index (χ4v) is 3.62. The Morgan fingerprint density at radius 1 is 1.28 bits per heavy atom. The third-order valence-electron chi connectivity index (χ3n) is 4.88. The highest BCUT2D eigenvalue weighted by Crippen LogP contribution is 2.23. The Morgan fingerprint density at radius 2 is 2.12 bits per heavy atom. The number of nitrogens with one attached hydrogen (secondary N) is 1. The summed E-state index contributed by atoms with van der Waals surface area (Å²) in [7, 11) is 0. The van der Waals surface area contributed by atoms with Gasteiger partial charge in [0.15, 0.2) is 0 Å². The second-order valence-electron chi connectivity index (χ2n) is 6.73. The molecule has 1 fully saturated rings. The average molecular weight is 337 g/mol. The summed E-state index contributed by atoms with van der Waals surface area (Å²) >= 11 is 0. The van der Waals surface area contributed by atoms with Gasteiger partial charge in [0, 0.05) is 36.4 Å². The lowest BCUT2D eigenvalue weighted by Crippen LogP contribution is -2.40. The summed E-state index contributed by atoms with van der Waals surface area (Å²) in [6.45, 7) is 1.50. The Morgan fingerprint density at radius 3 is 2.96 bits per heavy atom. The normalized spacial score (nSPS) is 17.8. The number of likely N-dealkylation sites (tertiary alicyclic amines) is 1. The standard InChI is InChI=1S/C20H20FN3O/c21-18-5-3-16(4-6-18)20(25)24-9-1-2-14(13-24)10-15-11-17-7-8-22-19(17)23-12-15/h3-8,11-12,14H,1-2,9-10,13H2,(H,22,23)/t14-/m1/s1. The SMILES string of the molecule is O=C(c1ccc(F)cc1)N1CCC[C@H](Cc2cnc3[nH]ccc3c2)C1. The number of benzene rings is 1. The number of fused-ring (bicyclic) bond motifs is 1. The molecule has 1 atom stereocenters. The number of aromatic nitrogens is 2. The van der Waals surface area contributed by atoms with E-state index in [0.29, 0.717) is 11.5 Å². The molecule has 0 unspecified atom stereocenters. The number of hydrogen-bond acceptors (Lipinski definition) is 2.